The first-order valence-corrected chi connectivity index (χ1v) is 6.80. The van der Waals surface area contributed by atoms with Crippen molar-refractivity contribution in [2.75, 3.05) is 6.61 Å². The molecule has 0 heterocycles. The summed E-state index contributed by atoms with van der Waals surface area (Å²) in [5, 5.41) is 0.505. The molecule has 17 heavy (non-hydrogen) atoms. The molecule has 2 unspecified atom stereocenters. The summed E-state index contributed by atoms with van der Waals surface area (Å²) < 4.78 is 18.5. The highest BCUT2D eigenvalue weighted by Gasteiger charge is 2.45. The van der Waals surface area contributed by atoms with Gasteiger partial charge in [0.15, 0.2) is 0 Å². The zero-order valence-electron chi connectivity index (χ0n) is 9.58. The molecule has 0 N–H and O–H groups in total. The molecule has 2 rings (SSSR count). The fraction of sp³-hybridized carbons (Fsp3) is 0.462. The van der Waals surface area contributed by atoms with Gasteiger partial charge in [-0.05, 0) is 36.5 Å². The third-order valence-electron chi connectivity index (χ3n) is 3.03. The topological polar surface area (TPSA) is 26.3 Å². The number of benzene rings is 1. The first kappa shape index (κ1) is 12.6. The quantitative estimate of drug-likeness (QED) is 0.629. The lowest BCUT2D eigenvalue weighted by Crippen LogP contribution is -2.07. The van der Waals surface area contributed by atoms with Crippen LogP contribution in [-0.4, -0.2) is 12.6 Å². The van der Waals surface area contributed by atoms with Crippen molar-refractivity contribution in [3.8, 4) is 0 Å². The highest BCUT2D eigenvalue weighted by Crippen LogP contribution is 2.48. The van der Waals surface area contributed by atoms with E-state index in [0.29, 0.717) is 17.5 Å². The van der Waals surface area contributed by atoms with Crippen LogP contribution in [0.5, 0.6) is 0 Å². The Hall–Kier alpha value is -0.900. The fourth-order valence-electron chi connectivity index (χ4n) is 1.98. The van der Waals surface area contributed by atoms with E-state index in [9.17, 15) is 9.18 Å². The molecule has 4 heteroatoms. The summed E-state index contributed by atoms with van der Waals surface area (Å²) >= 11 is 3.23. The molecule has 0 bridgehead atoms. The Bertz CT molecular complexity index is 433. The van der Waals surface area contributed by atoms with E-state index in [1.165, 1.54) is 6.07 Å². The van der Waals surface area contributed by atoms with Gasteiger partial charge in [0.25, 0.3) is 0 Å². The van der Waals surface area contributed by atoms with E-state index in [2.05, 4.69) is 15.9 Å². The number of hydrogen-bond acceptors (Lipinski definition) is 2. The highest BCUT2D eigenvalue weighted by atomic mass is 79.9. The summed E-state index contributed by atoms with van der Waals surface area (Å²) in [7, 11) is 0. The van der Waals surface area contributed by atoms with Gasteiger partial charge in [-0.1, -0.05) is 28.1 Å². The van der Waals surface area contributed by atoms with Gasteiger partial charge in [-0.15, -0.1) is 0 Å². The van der Waals surface area contributed by atoms with Crippen LogP contribution in [0.1, 0.15) is 30.4 Å². The average molecular weight is 301 g/mol. The monoisotopic (exact) mass is 300 g/mol. The molecule has 0 amide bonds. The maximum atomic E-state index is 13.6. The zero-order valence-corrected chi connectivity index (χ0v) is 11.2. The molecule has 1 aliphatic carbocycles. The van der Waals surface area contributed by atoms with Gasteiger partial charge in [0.05, 0.1) is 12.5 Å². The van der Waals surface area contributed by atoms with Crippen LogP contribution < -0.4 is 0 Å². The van der Waals surface area contributed by atoms with E-state index in [-0.39, 0.29) is 23.6 Å². The Kier molecular flexibility index (Phi) is 3.82. The minimum Gasteiger partial charge on any atom is -0.466 e. The van der Waals surface area contributed by atoms with Gasteiger partial charge < -0.3 is 4.74 Å². The largest absolute Gasteiger partial charge is 0.466 e. The van der Waals surface area contributed by atoms with Crippen molar-refractivity contribution in [2.24, 2.45) is 5.92 Å². The Morgan fingerprint density at radius 2 is 2.35 bits per heavy atom. The maximum Gasteiger partial charge on any atom is 0.309 e. The number of rotatable bonds is 4. The predicted octanol–water partition coefficient (Wildman–Crippen LogP) is 3.39. The second-order valence-electron chi connectivity index (χ2n) is 4.19. The van der Waals surface area contributed by atoms with Gasteiger partial charge in [-0.25, -0.2) is 4.39 Å². The van der Waals surface area contributed by atoms with E-state index in [0.717, 1.165) is 12.0 Å². The van der Waals surface area contributed by atoms with Gasteiger partial charge in [0.2, 0.25) is 0 Å². The van der Waals surface area contributed by atoms with Crippen molar-refractivity contribution in [3.05, 3.63) is 35.1 Å². The maximum absolute atomic E-state index is 13.6. The molecule has 92 valence electrons. The molecule has 1 aliphatic rings. The number of alkyl halides is 1. The molecule has 2 atom stereocenters. The van der Waals surface area contributed by atoms with Crippen LogP contribution in [-0.2, 0) is 14.9 Å². The second kappa shape index (κ2) is 5.17. The molecule has 0 aliphatic heterocycles. The Labute approximate surface area is 108 Å². The average Bonchev–Trinajstić information content (AvgIpc) is 3.09. The Morgan fingerprint density at radius 3 is 2.94 bits per heavy atom. The molecule has 0 saturated heterocycles. The third kappa shape index (κ3) is 2.68. The first-order valence-electron chi connectivity index (χ1n) is 5.68. The summed E-state index contributed by atoms with van der Waals surface area (Å²) in [5.74, 6) is -0.326. The van der Waals surface area contributed by atoms with Crippen LogP contribution in [0.25, 0.3) is 0 Å². The number of carbonyl (C=O) groups is 1. The number of carbonyl (C=O) groups excluding carboxylic acids is 1. The van der Waals surface area contributed by atoms with Gasteiger partial charge in [-0.2, -0.15) is 0 Å². The van der Waals surface area contributed by atoms with E-state index in [1.807, 2.05) is 6.07 Å². The Morgan fingerprint density at radius 1 is 1.59 bits per heavy atom. The van der Waals surface area contributed by atoms with Gasteiger partial charge in [-0.3, -0.25) is 4.79 Å². The summed E-state index contributed by atoms with van der Waals surface area (Å²) in [4.78, 5) is 11.5. The minimum absolute atomic E-state index is 0.0795. The SMILES string of the molecule is CCOC(=O)C1CC1c1ccc(CBr)c(F)c1. The lowest BCUT2D eigenvalue weighted by Gasteiger charge is -2.04. The molecule has 0 radical (unpaired) electrons. The molecule has 1 aromatic carbocycles. The van der Waals surface area contributed by atoms with E-state index in [4.69, 9.17) is 4.74 Å². The van der Waals surface area contributed by atoms with Crippen molar-refractivity contribution < 1.29 is 13.9 Å². The minimum atomic E-state index is -0.214. The molecule has 2 nitrogen and oxygen atoms in total. The molecule has 0 aromatic heterocycles. The zero-order chi connectivity index (χ0) is 12.4. The van der Waals surface area contributed by atoms with Crippen molar-refractivity contribution in [3.63, 3.8) is 0 Å². The van der Waals surface area contributed by atoms with Crippen molar-refractivity contribution in [2.45, 2.75) is 24.6 Å². The summed E-state index contributed by atoms with van der Waals surface area (Å²) in [6, 6.07) is 5.18. The number of ether oxygens (including phenoxy) is 1. The van der Waals surface area contributed by atoms with Gasteiger partial charge >= 0.3 is 5.97 Å². The molecular weight excluding hydrogens is 287 g/mol. The van der Waals surface area contributed by atoms with Gasteiger partial charge in [0.1, 0.15) is 5.82 Å². The number of halogens is 2. The second-order valence-corrected chi connectivity index (χ2v) is 4.75. The van der Waals surface area contributed by atoms with E-state index < -0.39 is 0 Å². The van der Waals surface area contributed by atoms with Crippen LogP contribution in [0, 0.1) is 11.7 Å². The molecular formula is C13H14BrFO2. The van der Waals surface area contributed by atoms with Crippen LogP contribution >= 0.6 is 15.9 Å². The lowest BCUT2D eigenvalue weighted by atomic mass is 10.1. The first-order chi connectivity index (χ1) is 8.17. The van der Waals surface area contributed by atoms with E-state index >= 15 is 0 Å². The van der Waals surface area contributed by atoms with Crippen molar-refractivity contribution in [1.82, 2.24) is 0 Å². The molecule has 0 spiro atoms. The van der Waals surface area contributed by atoms with Crippen LogP contribution in [0.4, 0.5) is 4.39 Å². The summed E-state index contributed by atoms with van der Waals surface area (Å²) in [6.45, 7) is 2.19. The summed E-state index contributed by atoms with van der Waals surface area (Å²) in [6.07, 6.45) is 0.770. The van der Waals surface area contributed by atoms with Crippen LogP contribution in [0.15, 0.2) is 18.2 Å². The normalized spacial score (nSPS) is 22.3. The number of esters is 1. The standard InChI is InChI=1S/C13H14BrFO2/c1-2-17-13(16)11-6-10(11)8-3-4-9(7-14)12(15)5-8/h3-5,10-11H,2,6-7H2,1H3. The molecule has 1 saturated carbocycles. The van der Waals surface area contributed by atoms with Crippen LogP contribution in [0.3, 0.4) is 0 Å². The van der Waals surface area contributed by atoms with Gasteiger partial charge in [0, 0.05) is 5.33 Å². The van der Waals surface area contributed by atoms with Crippen molar-refractivity contribution in [1.29, 1.82) is 0 Å². The Balaban J connectivity index is 2.06. The van der Waals surface area contributed by atoms with E-state index in [1.54, 1.807) is 13.0 Å². The molecule has 1 aromatic rings. The predicted molar refractivity (Wildman–Crippen MR) is 66.5 cm³/mol. The summed E-state index contributed by atoms with van der Waals surface area (Å²) in [5.41, 5.74) is 1.53. The lowest BCUT2D eigenvalue weighted by molar-refractivity contribution is -0.144. The smallest absolute Gasteiger partial charge is 0.309 e. The number of hydrogen-bond donors (Lipinski definition) is 0. The van der Waals surface area contributed by atoms with Crippen LogP contribution in [0.2, 0.25) is 0 Å². The molecule has 1 fully saturated rings. The fourth-order valence-corrected chi connectivity index (χ4v) is 2.43. The third-order valence-corrected chi connectivity index (χ3v) is 3.63. The highest BCUT2D eigenvalue weighted by molar-refractivity contribution is 9.08. The van der Waals surface area contributed by atoms with Crippen molar-refractivity contribution >= 4 is 21.9 Å².